The normalized spacial score (nSPS) is 13.6. The summed E-state index contributed by atoms with van der Waals surface area (Å²) >= 11 is -2.19. The number of rotatable bonds is 5. The Kier molecular flexibility index (Phi) is 6.11. The fourth-order valence-corrected chi connectivity index (χ4v) is 0.490. The van der Waals surface area contributed by atoms with Crippen LogP contribution in [0.1, 0.15) is 0 Å². The third-order valence-electron chi connectivity index (χ3n) is 0.575. The second-order valence-electron chi connectivity index (χ2n) is 1.20. The van der Waals surface area contributed by atoms with Crippen LogP contribution >= 0.6 is 0 Å². The van der Waals surface area contributed by atoms with Crippen LogP contribution in [-0.4, -0.2) is 33.8 Å². The van der Waals surface area contributed by atoms with Crippen LogP contribution in [0.15, 0.2) is 0 Å². The van der Waals surface area contributed by atoms with Gasteiger partial charge in [-0.2, -0.15) is 4.21 Å². The lowest BCUT2D eigenvalue weighted by molar-refractivity contribution is 0.238. The molecule has 0 bridgehead atoms. The lowest BCUT2D eigenvalue weighted by Crippen LogP contribution is -2.20. The average Bonchev–Trinajstić information content (AvgIpc) is 1.80. The van der Waals surface area contributed by atoms with Gasteiger partial charge in [0.2, 0.25) is 0 Å². The van der Waals surface area contributed by atoms with E-state index in [9.17, 15) is 4.21 Å². The molecule has 0 aliphatic rings. The molecule has 0 radical (unpaired) electrons. The Bertz CT molecular complexity index is 87.9. The first-order chi connectivity index (χ1) is 4.27. The van der Waals surface area contributed by atoms with Gasteiger partial charge in [-0.15, -0.1) is 0 Å². The highest BCUT2D eigenvalue weighted by molar-refractivity contribution is 7.74. The molecule has 0 fully saturated rings. The molecule has 1 unspecified atom stereocenters. The second-order valence-corrected chi connectivity index (χ2v) is 1.87. The lowest BCUT2D eigenvalue weighted by Gasteiger charge is -1.97. The van der Waals surface area contributed by atoms with E-state index in [-0.39, 0.29) is 13.3 Å². The number of hydrogen-bond acceptors (Lipinski definition) is 4. The van der Waals surface area contributed by atoms with Crippen LogP contribution in [-0.2, 0) is 15.5 Å². The van der Waals surface area contributed by atoms with Crippen LogP contribution in [0.3, 0.4) is 0 Å². The van der Waals surface area contributed by atoms with Gasteiger partial charge < -0.3 is 5.11 Å². The Morgan fingerprint density at radius 2 is 2.33 bits per heavy atom. The van der Waals surface area contributed by atoms with Crippen molar-refractivity contribution in [2.24, 2.45) is 0 Å². The molecule has 0 aromatic rings. The monoisotopic (exact) mass is 155 g/mol. The topological polar surface area (TPSA) is 78.8 Å². The molecule has 56 valence electrons. The molecule has 0 heterocycles. The van der Waals surface area contributed by atoms with E-state index in [0.717, 1.165) is 0 Å². The van der Waals surface area contributed by atoms with Crippen LogP contribution in [0.5, 0.6) is 0 Å². The zero-order valence-electron chi connectivity index (χ0n) is 4.74. The summed E-state index contributed by atoms with van der Waals surface area (Å²) in [6.45, 7) is 0.327. The van der Waals surface area contributed by atoms with Crippen LogP contribution in [0.4, 0.5) is 0 Å². The predicted octanol–water partition coefficient (Wildman–Crippen LogP) is -1.32. The maximum absolute atomic E-state index is 9.76. The molecule has 6 heteroatoms. The van der Waals surface area contributed by atoms with Gasteiger partial charge in [0.15, 0.2) is 0 Å². The molecule has 3 N–H and O–H groups in total. The Hall–Kier alpha value is -0.0100. The quantitative estimate of drug-likeness (QED) is 0.261. The van der Waals surface area contributed by atoms with E-state index in [1.807, 2.05) is 0 Å². The third-order valence-corrected chi connectivity index (χ3v) is 0.943. The van der Waals surface area contributed by atoms with E-state index in [0.29, 0.717) is 6.54 Å². The fourth-order valence-electron chi connectivity index (χ4n) is 0.264. The smallest absolute Gasteiger partial charge is 0.301 e. The molecular formula is C3H9NO4S. The standard InChI is InChI=1S/C3H9NO4S/c5-3-4-1-2-8-9(6)7/h4-5H,1-3H2,(H,6,7). The van der Waals surface area contributed by atoms with Gasteiger partial charge >= 0.3 is 11.4 Å². The number of nitrogens with one attached hydrogen (secondary N) is 1. The highest BCUT2D eigenvalue weighted by Crippen LogP contribution is 1.75. The summed E-state index contributed by atoms with van der Waals surface area (Å²) in [5.41, 5.74) is 0. The first-order valence-electron chi connectivity index (χ1n) is 2.33. The van der Waals surface area contributed by atoms with Crippen LogP contribution < -0.4 is 5.32 Å². The summed E-state index contributed by atoms with van der Waals surface area (Å²) in [5.74, 6) is 0. The second kappa shape index (κ2) is 6.12. The third kappa shape index (κ3) is 7.99. The van der Waals surface area contributed by atoms with Gasteiger partial charge in [0.05, 0.1) is 13.3 Å². The minimum atomic E-state index is -2.19. The molecule has 0 aliphatic carbocycles. The molecule has 0 rings (SSSR count). The van der Waals surface area contributed by atoms with Crippen LogP contribution in [0, 0.1) is 0 Å². The molecule has 0 saturated carbocycles. The zero-order valence-corrected chi connectivity index (χ0v) is 5.56. The van der Waals surface area contributed by atoms with Gasteiger partial charge in [-0.05, 0) is 0 Å². The van der Waals surface area contributed by atoms with Crippen LogP contribution in [0.25, 0.3) is 0 Å². The summed E-state index contributed by atoms with van der Waals surface area (Å²) in [6.07, 6.45) is 0. The van der Waals surface area contributed by atoms with E-state index in [1.165, 1.54) is 0 Å². The van der Waals surface area contributed by atoms with Crippen molar-refractivity contribution in [3.8, 4) is 0 Å². The number of aliphatic hydroxyl groups excluding tert-OH is 1. The maximum atomic E-state index is 9.76. The van der Waals surface area contributed by atoms with Crippen molar-refractivity contribution in [3.63, 3.8) is 0 Å². The molecule has 0 aliphatic heterocycles. The Morgan fingerprint density at radius 3 is 2.78 bits per heavy atom. The molecular weight excluding hydrogens is 146 g/mol. The molecule has 0 aromatic carbocycles. The van der Waals surface area contributed by atoms with E-state index >= 15 is 0 Å². The van der Waals surface area contributed by atoms with Crippen molar-refractivity contribution < 1.29 is 18.1 Å². The Labute approximate surface area is 55.5 Å². The summed E-state index contributed by atoms with van der Waals surface area (Å²) in [4.78, 5) is 0. The van der Waals surface area contributed by atoms with E-state index < -0.39 is 11.4 Å². The maximum Gasteiger partial charge on any atom is 0.301 e. The Balaban J connectivity index is 2.83. The SMILES string of the molecule is O=S(O)OCCNCO. The summed E-state index contributed by atoms with van der Waals surface area (Å²) in [7, 11) is 0. The van der Waals surface area contributed by atoms with Gasteiger partial charge in [0, 0.05) is 6.54 Å². The highest BCUT2D eigenvalue weighted by atomic mass is 32.2. The molecule has 0 spiro atoms. The van der Waals surface area contributed by atoms with Crippen molar-refractivity contribution in [2.75, 3.05) is 19.9 Å². The van der Waals surface area contributed by atoms with Gasteiger partial charge in [-0.3, -0.25) is 14.1 Å². The van der Waals surface area contributed by atoms with Crippen molar-refractivity contribution in [3.05, 3.63) is 0 Å². The van der Waals surface area contributed by atoms with Gasteiger partial charge in [-0.25, -0.2) is 0 Å². The van der Waals surface area contributed by atoms with Gasteiger partial charge in [-0.1, -0.05) is 0 Å². The highest BCUT2D eigenvalue weighted by Gasteiger charge is 1.90. The van der Waals surface area contributed by atoms with Gasteiger partial charge in [0.1, 0.15) is 0 Å². The van der Waals surface area contributed by atoms with E-state index in [1.54, 1.807) is 0 Å². The van der Waals surface area contributed by atoms with Crippen molar-refractivity contribution in [1.82, 2.24) is 5.32 Å². The minimum absolute atomic E-state index is 0.115. The molecule has 0 amide bonds. The first-order valence-corrected chi connectivity index (χ1v) is 3.36. The van der Waals surface area contributed by atoms with E-state index in [2.05, 4.69) is 9.50 Å². The molecule has 0 aromatic heterocycles. The Morgan fingerprint density at radius 1 is 1.67 bits per heavy atom. The van der Waals surface area contributed by atoms with Crippen molar-refractivity contribution in [2.45, 2.75) is 0 Å². The predicted molar refractivity (Wildman–Crippen MR) is 31.8 cm³/mol. The first kappa shape index (κ1) is 8.99. The number of hydrogen-bond donors (Lipinski definition) is 3. The molecule has 1 atom stereocenters. The average molecular weight is 155 g/mol. The number of aliphatic hydroxyl groups is 1. The lowest BCUT2D eigenvalue weighted by atomic mass is 10.7. The summed E-state index contributed by atoms with van der Waals surface area (Å²) in [5, 5.41) is 10.6. The summed E-state index contributed by atoms with van der Waals surface area (Å²) in [6, 6.07) is 0. The van der Waals surface area contributed by atoms with Crippen LogP contribution in [0.2, 0.25) is 0 Å². The zero-order chi connectivity index (χ0) is 7.11. The van der Waals surface area contributed by atoms with E-state index in [4.69, 9.17) is 9.66 Å². The molecule has 5 nitrogen and oxygen atoms in total. The fraction of sp³-hybridized carbons (Fsp3) is 1.00. The van der Waals surface area contributed by atoms with Crippen molar-refractivity contribution in [1.29, 1.82) is 0 Å². The van der Waals surface area contributed by atoms with Crippen molar-refractivity contribution >= 4 is 11.4 Å². The largest absolute Gasteiger partial charge is 0.381 e. The summed E-state index contributed by atoms with van der Waals surface area (Å²) < 4.78 is 22.0. The van der Waals surface area contributed by atoms with Gasteiger partial charge in [0.25, 0.3) is 0 Å². The molecule has 9 heavy (non-hydrogen) atoms. The molecule has 0 saturated heterocycles. The minimum Gasteiger partial charge on any atom is -0.381 e.